The first-order valence-corrected chi connectivity index (χ1v) is 6.78. The number of hydrogen-bond donors (Lipinski definition) is 3. The smallest absolute Gasteiger partial charge is 0.243 e. The number of nitrogens with two attached hydrogens (primary N) is 1. The van der Waals surface area contributed by atoms with Gasteiger partial charge in [-0.05, 0) is 26.0 Å². The third kappa shape index (κ3) is 3.34. The van der Waals surface area contributed by atoms with Crippen LogP contribution in [0.15, 0.2) is 23.1 Å². The summed E-state index contributed by atoms with van der Waals surface area (Å²) in [5.74, 6) is 0.480. The maximum Gasteiger partial charge on any atom is 0.243 e. The van der Waals surface area contributed by atoms with Crippen molar-refractivity contribution in [3.05, 3.63) is 18.2 Å². The highest BCUT2D eigenvalue weighted by Gasteiger charge is 2.27. The molecule has 18 heavy (non-hydrogen) atoms. The van der Waals surface area contributed by atoms with Gasteiger partial charge in [-0.15, -0.1) is 0 Å². The average molecular weight is 274 g/mol. The summed E-state index contributed by atoms with van der Waals surface area (Å²) in [5, 5.41) is 9.08. The molecule has 1 aromatic rings. The summed E-state index contributed by atoms with van der Waals surface area (Å²) < 4.78 is 31.5. The Bertz CT molecular complexity index is 526. The van der Waals surface area contributed by atoms with E-state index in [2.05, 4.69) is 4.72 Å². The van der Waals surface area contributed by atoms with E-state index in [9.17, 15) is 8.42 Å². The molecule has 0 aliphatic rings. The second-order valence-electron chi connectivity index (χ2n) is 4.55. The van der Waals surface area contributed by atoms with Crippen LogP contribution in [0.3, 0.4) is 0 Å². The number of nitrogen functional groups attached to an aromatic ring is 1. The molecule has 0 bridgehead atoms. The summed E-state index contributed by atoms with van der Waals surface area (Å²) in [6.45, 7) is 2.83. The van der Waals surface area contributed by atoms with Gasteiger partial charge in [0.05, 0.1) is 24.9 Å². The number of benzene rings is 1. The Hall–Kier alpha value is -1.31. The van der Waals surface area contributed by atoms with E-state index >= 15 is 0 Å². The molecular weight excluding hydrogens is 256 g/mol. The Morgan fingerprint density at radius 1 is 1.44 bits per heavy atom. The topological polar surface area (TPSA) is 102 Å². The lowest BCUT2D eigenvalue weighted by Crippen LogP contribution is -2.46. The van der Waals surface area contributed by atoms with Crippen molar-refractivity contribution in [3.8, 4) is 5.75 Å². The quantitative estimate of drug-likeness (QED) is 0.671. The van der Waals surface area contributed by atoms with Gasteiger partial charge in [0.25, 0.3) is 0 Å². The zero-order valence-electron chi connectivity index (χ0n) is 10.6. The molecule has 1 aromatic carbocycles. The van der Waals surface area contributed by atoms with Gasteiger partial charge in [0.2, 0.25) is 10.0 Å². The second-order valence-corrected chi connectivity index (χ2v) is 6.20. The predicted octanol–water partition coefficient (Wildman–Crippen LogP) is 0.327. The van der Waals surface area contributed by atoms with E-state index in [4.69, 9.17) is 15.6 Å². The van der Waals surface area contributed by atoms with Gasteiger partial charge >= 0.3 is 0 Å². The lowest BCUT2D eigenvalue weighted by Gasteiger charge is -2.23. The number of aliphatic hydroxyl groups excluding tert-OH is 1. The maximum atomic E-state index is 12.1. The minimum Gasteiger partial charge on any atom is -0.497 e. The fourth-order valence-corrected chi connectivity index (χ4v) is 2.87. The fraction of sp³-hybridized carbons (Fsp3) is 0.455. The monoisotopic (exact) mass is 274 g/mol. The summed E-state index contributed by atoms with van der Waals surface area (Å²) >= 11 is 0. The highest BCUT2D eigenvalue weighted by molar-refractivity contribution is 7.89. The molecule has 0 radical (unpaired) electrons. The van der Waals surface area contributed by atoms with Gasteiger partial charge in [-0.2, -0.15) is 0 Å². The molecule has 0 aliphatic heterocycles. The van der Waals surface area contributed by atoms with E-state index in [-0.39, 0.29) is 17.2 Å². The molecule has 7 heteroatoms. The number of ether oxygens (including phenoxy) is 1. The van der Waals surface area contributed by atoms with Crippen LogP contribution in [0.4, 0.5) is 5.69 Å². The Kier molecular flexibility index (Phi) is 4.20. The molecule has 0 heterocycles. The zero-order chi connectivity index (χ0) is 14.0. The van der Waals surface area contributed by atoms with Crippen LogP contribution in [0.5, 0.6) is 5.75 Å². The molecule has 0 atom stereocenters. The average Bonchev–Trinajstić information content (AvgIpc) is 2.27. The lowest BCUT2D eigenvalue weighted by atomic mass is 10.1. The highest BCUT2D eigenvalue weighted by Crippen LogP contribution is 2.24. The summed E-state index contributed by atoms with van der Waals surface area (Å²) in [4.78, 5) is -0.0372. The number of rotatable bonds is 5. The van der Waals surface area contributed by atoms with E-state index in [1.807, 2.05) is 0 Å². The molecule has 0 saturated heterocycles. The summed E-state index contributed by atoms with van der Waals surface area (Å²) in [6.07, 6.45) is 0. The molecule has 0 saturated carbocycles. The summed E-state index contributed by atoms with van der Waals surface area (Å²) in [5.41, 5.74) is 4.82. The third-order valence-electron chi connectivity index (χ3n) is 2.31. The van der Waals surface area contributed by atoms with Gasteiger partial charge in [0, 0.05) is 6.07 Å². The number of sulfonamides is 1. The van der Waals surface area contributed by atoms with Gasteiger partial charge in [0.15, 0.2) is 0 Å². The van der Waals surface area contributed by atoms with Crippen LogP contribution in [0, 0.1) is 0 Å². The minimum absolute atomic E-state index is 0.0372. The Balaban J connectivity index is 3.14. The third-order valence-corrected chi connectivity index (χ3v) is 4.08. The Morgan fingerprint density at radius 2 is 2.06 bits per heavy atom. The van der Waals surface area contributed by atoms with Crippen molar-refractivity contribution in [2.24, 2.45) is 0 Å². The molecular formula is C11H18N2O4S. The van der Waals surface area contributed by atoms with Crippen molar-refractivity contribution in [2.75, 3.05) is 19.5 Å². The van der Waals surface area contributed by atoms with Crippen molar-refractivity contribution in [1.82, 2.24) is 4.72 Å². The van der Waals surface area contributed by atoms with Gasteiger partial charge in [-0.1, -0.05) is 0 Å². The predicted molar refractivity (Wildman–Crippen MR) is 68.9 cm³/mol. The van der Waals surface area contributed by atoms with Crippen molar-refractivity contribution in [3.63, 3.8) is 0 Å². The first-order valence-electron chi connectivity index (χ1n) is 5.30. The molecule has 0 aliphatic carbocycles. The van der Waals surface area contributed by atoms with Crippen LogP contribution in [-0.2, 0) is 10.0 Å². The van der Waals surface area contributed by atoms with Crippen molar-refractivity contribution >= 4 is 15.7 Å². The van der Waals surface area contributed by atoms with Crippen LogP contribution >= 0.6 is 0 Å². The Morgan fingerprint density at radius 3 is 2.50 bits per heavy atom. The number of anilines is 1. The second kappa shape index (κ2) is 5.13. The molecule has 0 fully saturated rings. The van der Waals surface area contributed by atoms with Crippen LogP contribution in [0.25, 0.3) is 0 Å². The van der Waals surface area contributed by atoms with E-state index in [0.29, 0.717) is 5.75 Å². The molecule has 6 nitrogen and oxygen atoms in total. The largest absolute Gasteiger partial charge is 0.497 e. The summed E-state index contributed by atoms with van der Waals surface area (Å²) in [7, 11) is -2.31. The van der Waals surface area contributed by atoms with E-state index < -0.39 is 15.6 Å². The van der Waals surface area contributed by atoms with Crippen LogP contribution in [0.2, 0.25) is 0 Å². The van der Waals surface area contributed by atoms with Crippen molar-refractivity contribution in [1.29, 1.82) is 0 Å². The fourth-order valence-electron chi connectivity index (χ4n) is 1.35. The van der Waals surface area contributed by atoms with Gasteiger partial charge in [-0.25, -0.2) is 13.1 Å². The zero-order valence-corrected chi connectivity index (χ0v) is 11.4. The lowest BCUT2D eigenvalue weighted by molar-refractivity contribution is 0.208. The highest BCUT2D eigenvalue weighted by atomic mass is 32.2. The van der Waals surface area contributed by atoms with Crippen LogP contribution in [0.1, 0.15) is 13.8 Å². The first-order chi connectivity index (χ1) is 8.22. The molecule has 0 spiro atoms. The van der Waals surface area contributed by atoms with Gasteiger partial charge in [0.1, 0.15) is 10.6 Å². The maximum absolute atomic E-state index is 12.1. The SMILES string of the molecule is COc1ccc(S(=O)(=O)NC(C)(C)CO)c(N)c1. The van der Waals surface area contributed by atoms with Crippen molar-refractivity contribution in [2.45, 2.75) is 24.3 Å². The van der Waals surface area contributed by atoms with Gasteiger partial charge < -0.3 is 15.6 Å². The molecule has 102 valence electrons. The molecule has 0 aromatic heterocycles. The molecule has 0 unspecified atom stereocenters. The van der Waals surface area contributed by atoms with E-state index in [1.165, 1.54) is 25.3 Å². The van der Waals surface area contributed by atoms with E-state index in [0.717, 1.165) is 0 Å². The number of hydrogen-bond acceptors (Lipinski definition) is 5. The van der Waals surface area contributed by atoms with Crippen LogP contribution < -0.4 is 15.2 Å². The van der Waals surface area contributed by atoms with Crippen molar-refractivity contribution < 1.29 is 18.3 Å². The standard InChI is InChI=1S/C11H18N2O4S/c1-11(2,7-14)13-18(15,16)10-5-4-8(17-3)6-9(10)12/h4-6,13-14H,7,12H2,1-3H3. The number of methoxy groups -OCH3 is 1. The van der Waals surface area contributed by atoms with E-state index in [1.54, 1.807) is 13.8 Å². The molecule has 1 rings (SSSR count). The van der Waals surface area contributed by atoms with Crippen LogP contribution in [-0.4, -0.2) is 32.8 Å². The number of nitrogens with one attached hydrogen (secondary N) is 1. The minimum atomic E-state index is -3.78. The molecule has 4 N–H and O–H groups in total. The molecule has 0 amide bonds. The van der Waals surface area contributed by atoms with Gasteiger partial charge in [-0.3, -0.25) is 0 Å². The number of aliphatic hydroxyl groups is 1. The normalized spacial score (nSPS) is 12.4. The summed E-state index contributed by atoms with van der Waals surface area (Å²) in [6, 6.07) is 4.31. The Labute approximate surface area is 107 Å². The first kappa shape index (κ1) is 14.7.